The molecule has 0 aliphatic heterocycles. The lowest BCUT2D eigenvalue weighted by molar-refractivity contribution is -0.133. The van der Waals surface area contributed by atoms with E-state index < -0.39 is 5.97 Å². The lowest BCUT2D eigenvalue weighted by atomic mass is 10.1. The molecule has 6 heteroatoms. The maximum absolute atomic E-state index is 12.3. The average molecular weight is 404 g/mol. The molecule has 0 saturated heterocycles. The maximum atomic E-state index is 12.3. The van der Waals surface area contributed by atoms with E-state index in [0.29, 0.717) is 22.4 Å². The number of halogens is 1. The molecule has 0 fully saturated rings. The predicted octanol–water partition coefficient (Wildman–Crippen LogP) is 4.18. The molecule has 0 aromatic heterocycles. The zero-order valence-corrected chi connectivity index (χ0v) is 15.8. The summed E-state index contributed by atoms with van der Waals surface area (Å²) < 4.78 is 16.7. The quantitative estimate of drug-likeness (QED) is 0.534. The largest absolute Gasteiger partial charge is 0.496 e. The van der Waals surface area contributed by atoms with Gasteiger partial charge in [0.05, 0.1) is 36.2 Å². The highest BCUT2D eigenvalue weighted by Crippen LogP contribution is 2.37. The second-order valence-electron chi connectivity index (χ2n) is 5.28. The summed E-state index contributed by atoms with van der Waals surface area (Å²) in [5.74, 6) is 0.908. The van der Waals surface area contributed by atoms with E-state index in [2.05, 4.69) is 15.9 Å². The molecule has 25 heavy (non-hydrogen) atoms. The van der Waals surface area contributed by atoms with Gasteiger partial charge in [0.25, 0.3) is 0 Å². The van der Waals surface area contributed by atoms with Gasteiger partial charge in [-0.15, -0.1) is 0 Å². The Balaban J connectivity index is 2.21. The number of benzene rings is 2. The number of methoxy groups -OCH3 is 1. The molecule has 0 saturated carbocycles. The summed E-state index contributed by atoms with van der Waals surface area (Å²) in [7, 11) is 1.59. The summed E-state index contributed by atoms with van der Waals surface area (Å²) in [4.78, 5) is 12.3. The fraction of sp³-hybridized carbons (Fsp3) is 0.263. The number of carbonyl (C=O) groups excluding carboxylic acids is 1. The Bertz CT molecular complexity index is 827. The zero-order valence-electron chi connectivity index (χ0n) is 14.3. The zero-order chi connectivity index (χ0) is 18.4. The third kappa shape index (κ3) is 4.74. The Morgan fingerprint density at radius 1 is 1.24 bits per heavy atom. The van der Waals surface area contributed by atoms with Crippen molar-refractivity contribution >= 4 is 21.9 Å². The topological polar surface area (TPSA) is 68.5 Å². The van der Waals surface area contributed by atoms with Crippen molar-refractivity contribution in [1.82, 2.24) is 0 Å². The van der Waals surface area contributed by atoms with E-state index in [-0.39, 0.29) is 12.2 Å². The van der Waals surface area contributed by atoms with Gasteiger partial charge in [0, 0.05) is 6.07 Å². The van der Waals surface area contributed by atoms with Crippen molar-refractivity contribution in [1.29, 1.82) is 5.26 Å². The van der Waals surface area contributed by atoms with Gasteiger partial charge in [-0.25, -0.2) is 0 Å². The summed E-state index contributed by atoms with van der Waals surface area (Å²) in [6.45, 7) is 4.14. The minimum absolute atomic E-state index is 0.0919. The van der Waals surface area contributed by atoms with Crippen LogP contribution in [0.3, 0.4) is 0 Å². The number of hydrogen-bond acceptors (Lipinski definition) is 5. The van der Waals surface area contributed by atoms with Gasteiger partial charge in [-0.3, -0.25) is 4.79 Å². The summed E-state index contributed by atoms with van der Waals surface area (Å²) in [6.07, 6.45) is 0.0919. The summed E-state index contributed by atoms with van der Waals surface area (Å²) in [6, 6.07) is 10.7. The normalized spacial score (nSPS) is 10.0. The molecule has 0 spiro atoms. The molecule has 0 aliphatic carbocycles. The predicted molar refractivity (Wildman–Crippen MR) is 97.1 cm³/mol. The van der Waals surface area contributed by atoms with Crippen LogP contribution in [0.5, 0.6) is 17.2 Å². The number of hydrogen-bond donors (Lipinski definition) is 0. The lowest BCUT2D eigenvalue weighted by Gasteiger charge is -2.13. The number of carbonyl (C=O) groups is 1. The molecule has 2 rings (SSSR count). The first kappa shape index (κ1) is 18.8. The number of aryl methyl sites for hydroxylation is 1. The summed E-state index contributed by atoms with van der Waals surface area (Å²) in [5, 5.41) is 9.05. The smallest absolute Gasteiger partial charge is 0.315 e. The number of nitrogens with zero attached hydrogens (tertiary/aromatic N) is 1. The third-order valence-electron chi connectivity index (χ3n) is 3.48. The van der Waals surface area contributed by atoms with E-state index in [4.69, 9.17) is 19.5 Å². The number of nitriles is 1. The van der Waals surface area contributed by atoms with Crippen LogP contribution in [-0.2, 0) is 11.2 Å². The number of esters is 1. The van der Waals surface area contributed by atoms with Crippen LogP contribution < -0.4 is 14.2 Å². The Kier molecular flexibility index (Phi) is 6.43. The van der Waals surface area contributed by atoms with Gasteiger partial charge in [0.1, 0.15) is 5.75 Å². The molecule has 0 aliphatic rings. The molecule has 130 valence electrons. The van der Waals surface area contributed by atoms with Crippen molar-refractivity contribution < 1.29 is 19.0 Å². The van der Waals surface area contributed by atoms with E-state index in [1.165, 1.54) is 0 Å². The van der Waals surface area contributed by atoms with Crippen molar-refractivity contribution in [3.63, 3.8) is 0 Å². The van der Waals surface area contributed by atoms with Crippen molar-refractivity contribution in [3.05, 3.63) is 51.5 Å². The number of rotatable bonds is 6. The highest BCUT2D eigenvalue weighted by Gasteiger charge is 2.17. The standard InChI is InChI=1S/C19H18BrNO4/c1-4-24-17-9-14(11-21)7-15(20)19(17)25-18(22)10-13-6-5-12(2)16(8-13)23-3/h5-9H,4,10H2,1-3H3. The molecule has 2 aromatic carbocycles. The van der Waals surface area contributed by atoms with E-state index in [0.717, 1.165) is 16.9 Å². The Morgan fingerprint density at radius 2 is 2.00 bits per heavy atom. The van der Waals surface area contributed by atoms with Gasteiger partial charge in [-0.05, 0) is 53.0 Å². The van der Waals surface area contributed by atoms with Crippen LogP contribution >= 0.6 is 15.9 Å². The molecule has 0 unspecified atom stereocenters. The first-order valence-electron chi connectivity index (χ1n) is 7.69. The van der Waals surface area contributed by atoms with Gasteiger partial charge in [0.15, 0.2) is 11.5 Å². The van der Waals surface area contributed by atoms with Crippen LogP contribution in [0.15, 0.2) is 34.8 Å². The molecular weight excluding hydrogens is 386 g/mol. The average Bonchev–Trinajstić information content (AvgIpc) is 2.59. The van der Waals surface area contributed by atoms with Gasteiger partial charge in [-0.1, -0.05) is 12.1 Å². The van der Waals surface area contributed by atoms with E-state index in [1.54, 1.807) is 19.2 Å². The second kappa shape index (κ2) is 8.54. The summed E-state index contributed by atoms with van der Waals surface area (Å²) >= 11 is 3.33. The van der Waals surface area contributed by atoms with Crippen LogP contribution in [0.2, 0.25) is 0 Å². The monoisotopic (exact) mass is 403 g/mol. The van der Waals surface area contributed by atoms with Crippen LogP contribution in [0.4, 0.5) is 0 Å². The second-order valence-corrected chi connectivity index (χ2v) is 6.14. The van der Waals surface area contributed by atoms with Gasteiger partial charge in [0.2, 0.25) is 0 Å². The van der Waals surface area contributed by atoms with Crippen molar-refractivity contribution in [2.24, 2.45) is 0 Å². The van der Waals surface area contributed by atoms with Gasteiger partial charge >= 0.3 is 5.97 Å². The molecule has 0 amide bonds. The van der Waals surface area contributed by atoms with E-state index >= 15 is 0 Å². The van der Waals surface area contributed by atoms with Crippen LogP contribution in [0.25, 0.3) is 0 Å². The minimum atomic E-state index is -0.433. The van der Waals surface area contributed by atoms with Crippen molar-refractivity contribution in [3.8, 4) is 23.3 Å². The third-order valence-corrected chi connectivity index (χ3v) is 4.06. The van der Waals surface area contributed by atoms with E-state index in [9.17, 15) is 4.79 Å². The highest BCUT2D eigenvalue weighted by molar-refractivity contribution is 9.10. The van der Waals surface area contributed by atoms with Crippen molar-refractivity contribution in [2.45, 2.75) is 20.3 Å². The van der Waals surface area contributed by atoms with Crippen molar-refractivity contribution in [2.75, 3.05) is 13.7 Å². The molecule has 0 radical (unpaired) electrons. The molecular formula is C19H18BrNO4. The Morgan fingerprint density at radius 3 is 2.64 bits per heavy atom. The Labute approximate surface area is 155 Å². The fourth-order valence-electron chi connectivity index (χ4n) is 2.29. The molecule has 0 N–H and O–H groups in total. The van der Waals surface area contributed by atoms with Crippen LogP contribution in [0, 0.1) is 18.3 Å². The minimum Gasteiger partial charge on any atom is -0.496 e. The molecule has 2 aromatic rings. The Hall–Kier alpha value is -2.52. The van der Waals surface area contributed by atoms with Gasteiger partial charge < -0.3 is 14.2 Å². The summed E-state index contributed by atoms with van der Waals surface area (Å²) in [5.41, 5.74) is 2.20. The lowest BCUT2D eigenvalue weighted by Crippen LogP contribution is -2.13. The SMILES string of the molecule is CCOc1cc(C#N)cc(Br)c1OC(=O)Cc1ccc(C)c(OC)c1. The molecule has 0 bridgehead atoms. The van der Waals surface area contributed by atoms with Gasteiger partial charge in [-0.2, -0.15) is 5.26 Å². The fourth-order valence-corrected chi connectivity index (χ4v) is 2.81. The first-order valence-corrected chi connectivity index (χ1v) is 8.48. The van der Waals surface area contributed by atoms with E-state index in [1.807, 2.05) is 38.1 Å². The first-order chi connectivity index (χ1) is 12.0. The highest BCUT2D eigenvalue weighted by atomic mass is 79.9. The number of ether oxygens (including phenoxy) is 3. The van der Waals surface area contributed by atoms with Crippen LogP contribution in [0.1, 0.15) is 23.6 Å². The molecule has 0 heterocycles. The van der Waals surface area contributed by atoms with Crippen LogP contribution in [-0.4, -0.2) is 19.7 Å². The maximum Gasteiger partial charge on any atom is 0.315 e. The molecule has 5 nitrogen and oxygen atoms in total. The molecule has 0 atom stereocenters.